The summed E-state index contributed by atoms with van der Waals surface area (Å²) in [6.45, 7) is 0.686. The molecule has 1 aromatic rings. The van der Waals surface area contributed by atoms with Gasteiger partial charge in [0.15, 0.2) is 0 Å². The van der Waals surface area contributed by atoms with Gasteiger partial charge >= 0.3 is 5.97 Å². The number of carboxylic acid groups (broad SMARTS) is 1. The number of carboxylic acids is 1. The number of hydrogen-bond acceptors (Lipinski definition) is 3. The zero-order valence-corrected chi connectivity index (χ0v) is 9.04. The lowest BCUT2D eigenvalue weighted by atomic mass is 10.1. The van der Waals surface area contributed by atoms with E-state index in [1.165, 1.54) is 0 Å². The molecule has 0 atom stereocenters. The van der Waals surface area contributed by atoms with E-state index in [0.717, 1.165) is 18.7 Å². The van der Waals surface area contributed by atoms with Crippen LogP contribution in [0.5, 0.6) is 0 Å². The van der Waals surface area contributed by atoms with Crippen molar-refractivity contribution in [3.63, 3.8) is 0 Å². The molecule has 0 bridgehead atoms. The standard InChI is InChI=1S/C11H15N3O2/c15-10(16)6-3-7-14-8-12-13-11(14)9-4-1-2-5-9/h1-2,8-9H,3-7H2,(H,15,16). The zero-order valence-electron chi connectivity index (χ0n) is 9.04. The Morgan fingerprint density at radius 3 is 2.94 bits per heavy atom. The first-order valence-electron chi connectivity index (χ1n) is 5.52. The number of allylic oxidation sites excluding steroid dienone is 2. The van der Waals surface area contributed by atoms with E-state index in [-0.39, 0.29) is 6.42 Å². The first kappa shape index (κ1) is 10.9. The molecule has 0 radical (unpaired) electrons. The van der Waals surface area contributed by atoms with Crippen LogP contribution in [-0.4, -0.2) is 25.8 Å². The molecular formula is C11H15N3O2. The van der Waals surface area contributed by atoms with Gasteiger partial charge in [-0.05, 0) is 19.3 Å². The number of carbonyl (C=O) groups is 1. The second-order valence-corrected chi connectivity index (χ2v) is 4.02. The maximum absolute atomic E-state index is 10.4. The first-order chi connectivity index (χ1) is 7.77. The summed E-state index contributed by atoms with van der Waals surface area (Å²) in [5, 5.41) is 16.6. The highest BCUT2D eigenvalue weighted by Crippen LogP contribution is 2.27. The maximum Gasteiger partial charge on any atom is 0.303 e. The average Bonchev–Trinajstić information content (AvgIpc) is 2.84. The molecule has 0 fully saturated rings. The first-order valence-corrected chi connectivity index (χ1v) is 5.52. The Kier molecular flexibility index (Phi) is 3.34. The number of aryl methyl sites for hydroxylation is 1. The zero-order chi connectivity index (χ0) is 11.4. The fraction of sp³-hybridized carbons (Fsp3) is 0.545. The molecule has 0 aliphatic heterocycles. The van der Waals surface area contributed by atoms with Gasteiger partial charge in [0.25, 0.3) is 0 Å². The summed E-state index contributed by atoms with van der Waals surface area (Å²) in [6, 6.07) is 0. The van der Waals surface area contributed by atoms with Crippen molar-refractivity contribution in [2.45, 2.75) is 38.1 Å². The lowest BCUT2D eigenvalue weighted by molar-refractivity contribution is -0.137. The Morgan fingerprint density at radius 2 is 2.25 bits per heavy atom. The molecule has 0 saturated heterocycles. The van der Waals surface area contributed by atoms with Crippen LogP contribution in [0.3, 0.4) is 0 Å². The highest BCUT2D eigenvalue weighted by atomic mass is 16.4. The van der Waals surface area contributed by atoms with Gasteiger partial charge in [0, 0.05) is 18.9 Å². The van der Waals surface area contributed by atoms with Crippen LogP contribution in [0.4, 0.5) is 0 Å². The van der Waals surface area contributed by atoms with Crippen LogP contribution in [0.2, 0.25) is 0 Å². The predicted molar refractivity (Wildman–Crippen MR) is 58.0 cm³/mol. The molecule has 1 heterocycles. The lowest BCUT2D eigenvalue weighted by Gasteiger charge is -2.10. The van der Waals surface area contributed by atoms with Crippen LogP contribution in [-0.2, 0) is 11.3 Å². The summed E-state index contributed by atoms with van der Waals surface area (Å²) in [6.07, 6.45) is 8.84. The summed E-state index contributed by atoms with van der Waals surface area (Å²) in [4.78, 5) is 10.4. The van der Waals surface area contributed by atoms with Crippen LogP contribution >= 0.6 is 0 Å². The van der Waals surface area contributed by atoms with Gasteiger partial charge in [-0.2, -0.15) is 0 Å². The fourth-order valence-corrected chi connectivity index (χ4v) is 1.98. The van der Waals surface area contributed by atoms with Crippen LogP contribution in [0.25, 0.3) is 0 Å². The molecular weight excluding hydrogens is 206 g/mol. The van der Waals surface area contributed by atoms with E-state index in [1.54, 1.807) is 6.33 Å². The summed E-state index contributed by atoms with van der Waals surface area (Å²) in [7, 11) is 0. The summed E-state index contributed by atoms with van der Waals surface area (Å²) in [5.74, 6) is 0.653. The summed E-state index contributed by atoms with van der Waals surface area (Å²) >= 11 is 0. The third-order valence-corrected chi connectivity index (χ3v) is 2.81. The minimum Gasteiger partial charge on any atom is -0.481 e. The molecule has 2 rings (SSSR count). The number of aliphatic carboxylic acids is 1. The van der Waals surface area contributed by atoms with E-state index in [2.05, 4.69) is 22.3 Å². The van der Waals surface area contributed by atoms with Crippen molar-refractivity contribution in [1.29, 1.82) is 0 Å². The van der Waals surface area contributed by atoms with Crippen molar-refractivity contribution >= 4 is 5.97 Å². The second kappa shape index (κ2) is 4.92. The minimum absolute atomic E-state index is 0.195. The van der Waals surface area contributed by atoms with Crippen molar-refractivity contribution in [3.05, 3.63) is 24.3 Å². The van der Waals surface area contributed by atoms with Crippen molar-refractivity contribution < 1.29 is 9.90 Å². The van der Waals surface area contributed by atoms with Crippen LogP contribution in [0.1, 0.15) is 37.4 Å². The Balaban J connectivity index is 1.93. The molecule has 16 heavy (non-hydrogen) atoms. The Bertz CT molecular complexity index is 390. The van der Waals surface area contributed by atoms with Crippen LogP contribution in [0.15, 0.2) is 18.5 Å². The maximum atomic E-state index is 10.4. The van der Waals surface area contributed by atoms with E-state index in [4.69, 9.17) is 5.11 Å². The van der Waals surface area contributed by atoms with Gasteiger partial charge in [0.05, 0.1) is 0 Å². The number of aromatic nitrogens is 3. The lowest BCUT2D eigenvalue weighted by Crippen LogP contribution is -2.08. The molecule has 0 saturated carbocycles. The molecule has 1 aromatic heterocycles. The minimum atomic E-state index is -0.753. The average molecular weight is 221 g/mol. The fourth-order valence-electron chi connectivity index (χ4n) is 1.98. The Morgan fingerprint density at radius 1 is 1.50 bits per heavy atom. The quantitative estimate of drug-likeness (QED) is 0.766. The van der Waals surface area contributed by atoms with E-state index < -0.39 is 5.97 Å². The Labute approximate surface area is 93.8 Å². The van der Waals surface area contributed by atoms with Gasteiger partial charge < -0.3 is 9.67 Å². The smallest absolute Gasteiger partial charge is 0.303 e. The van der Waals surface area contributed by atoms with Gasteiger partial charge in [-0.15, -0.1) is 10.2 Å². The number of rotatable bonds is 5. The largest absolute Gasteiger partial charge is 0.481 e. The van der Waals surface area contributed by atoms with Gasteiger partial charge in [-0.1, -0.05) is 12.2 Å². The van der Waals surface area contributed by atoms with Crippen molar-refractivity contribution in [2.24, 2.45) is 0 Å². The van der Waals surface area contributed by atoms with Gasteiger partial charge in [-0.3, -0.25) is 4.79 Å². The van der Waals surface area contributed by atoms with Gasteiger partial charge in [-0.25, -0.2) is 0 Å². The molecule has 0 spiro atoms. The summed E-state index contributed by atoms with van der Waals surface area (Å²) in [5.41, 5.74) is 0. The number of hydrogen-bond donors (Lipinski definition) is 1. The van der Waals surface area contributed by atoms with Crippen molar-refractivity contribution in [3.8, 4) is 0 Å². The third kappa shape index (κ3) is 2.48. The van der Waals surface area contributed by atoms with Crippen molar-refractivity contribution in [1.82, 2.24) is 14.8 Å². The molecule has 0 unspecified atom stereocenters. The van der Waals surface area contributed by atoms with Gasteiger partial charge in [0.1, 0.15) is 12.2 Å². The van der Waals surface area contributed by atoms with Crippen molar-refractivity contribution in [2.75, 3.05) is 0 Å². The van der Waals surface area contributed by atoms with Gasteiger partial charge in [0.2, 0.25) is 0 Å². The summed E-state index contributed by atoms with van der Waals surface area (Å²) < 4.78 is 1.97. The number of nitrogens with zero attached hydrogens (tertiary/aromatic N) is 3. The van der Waals surface area contributed by atoms with E-state index in [9.17, 15) is 4.79 Å². The normalized spacial score (nSPS) is 15.8. The second-order valence-electron chi connectivity index (χ2n) is 4.02. The Hall–Kier alpha value is -1.65. The highest BCUT2D eigenvalue weighted by molar-refractivity contribution is 5.66. The SMILES string of the molecule is O=C(O)CCCn1cnnc1C1CC=CC1. The topological polar surface area (TPSA) is 68.0 Å². The molecule has 86 valence electrons. The molecule has 1 N–H and O–H groups in total. The molecule has 5 nitrogen and oxygen atoms in total. The third-order valence-electron chi connectivity index (χ3n) is 2.81. The van der Waals surface area contributed by atoms with E-state index in [0.29, 0.717) is 18.9 Å². The predicted octanol–water partition coefficient (Wildman–Crippen LogP) is 1.58. The molecule has 0 amide bonds. The van der Waals surface area contributed by atoms with Crippen LogP contribution in [0, 0.1) is 0 Å². The van der Waals surface area contributed by atoms with E-state index in [1.807, 2.05) is 4.57 Å². The molecule has 0 aromatic carbocycles. The van der Waals surface area contributed by atoms with E-state index >= 15 is 0 Å². The molecule has 5 heteroatoms. The highest BCUT2D eigenvalue weighted by Gasteiger charge is 2.18. The van der Waals surface area contributed by atoms with Crippen LogP contribution < -0.4 is 0 Å². The molecule has 1 aliphatic rings. The molecule has 1 aliphatic carbocycles. The monoisotopic (exact) mass is 221 g/mol.